The van der Waals surface area contributed by atoms with Gasteiger partial charge in [-0.2, -0.15) is 0 Å². The van der Waals surface area contributed by atoms with Crippen molar-refractivity contribution in [2.75, 3.05) is 46.4 Å². The van der Waals surface area contributed by atoms with Crippen molar-refractivity contribution in [3.8, 4) is 0 Å². The predicted octanol–water partition coefficient (Wildman–Crippen LogP) is 1.02. The average Bonchev–Trinajstić information content (AvgIpc) is 2.61. The van der Waals surface area contributed by atoms with Crippen LogP contribution in [0, 0.1) is 17.0 Å². The van der Waals surface area contributed by atoms with Crippen molar-refractivity contribution in [3.63, 3.8) is 0 Å². The zero-order valence-electron chi connectivity index (χ0n) is 14.4. The van der Waals surface area contributed by atoms with Gasteiger partial charge in [-0.1, -0.05) is 6.07 Å². The number of nitro benzene ring substituents is 1. The van der Waals surface area contributed by atoms with E-state index in [1.807, 2.05) is 0 Å². The van der Waals surface area contributed by atoms with Gasteiger partial charge in [0.15, 0.2) is 0 Å². The van der Waals surface area contributed by atoms with E-state index in [9.17, 15) is 19.7 Å². The summed E-state index contributed by atoms with van der Waals surface area (Å²) in [6, 6.07) is 4.44. The lowest BCUT2D eigenvalue weighted by Crippen LogP contribution is -2.50. The lowest BCUT2D eigenvalue weighted by atomic mass is 10.1. The second kappa shape index (κ2) is 8.43. The SMILES string of the molecule is COC(=O)N1CCN(CCNC(=O)c2ccc(C)c([N+](=O)[O-])c2)CC1. The van der Waals surface area contributed by atoms with Gasteiger partial charge in [-0.15, -0.1) is 0 Å². The Balaban J connectivity index is 1.79. The van der Waals surface area contributed by atoms with Crippen LogP contribution in [0.2, 0.25) is 0 Å². The van der Waals surface area contributed by atoms with Gasteiger partial charge in [0.05, 0.1) is 12.0 Å². The molecule has 0 atom stereocenters. The number of amides is 2. The highest BCUT2D eigenvalue weighted by Crippen LogP contribution is 2.19. The number of nitrogens with zero attached hydrogens (tertiary/aromatic N) is 3. The number of carbonyl (C=O) groups is 2. The summed E-state index contributed by atoms with van der Waals surface area (Å²) >= 11 is 0. The number of hydrogen-bond donors (Lipinski definition) is 1. The van der Waals surface area contributed by atoms with E-state index in [2.05, 4.69) is 15.0 Å². The maximum Gasteiger partial charge on any atom is 0.409 e. The maximum absolute atomic E-state index is 12.1. The number of aryl methyl sites for hydroxylation is 1. The van der Waals surface area contributed by atoms with Gasteiger partial charge < -0.3 is 15.0 Å². The molecule has 2 rings (SSSR count). The molecule has 0 aromatic heterocycles. The number of carbonyl (C=O) groups excluding carboxylic acids is 2. The molecule has 1 aromatic rings. The molecule has 0 spiro atoms. The Bertz CT molecular complexity index is 656. The van der Waals surface area contributed by atoms with E-state index in [1.54, 1.807) is 24.0 Å². The summed E-state index contributed by atoms with van der Waals surface area (Å²) in [6.07, 6.45) is -0.325. The van der Waals surface area contributed by atoms with E-state index in [0.29, 0.717) is 44.8 Å². The Kier molecular flexibility index (Phi) is 6.29. The van der Waals surface area contributed by atoms with Gasteiger partial charge in [-0.3, -0.25) is 19.8 Å². The largest absolute Gasteiger partial charge is 0.453 e. The Morgan fingerprint density at radius 1 is 1.28 bits per heavy atom. The molecule has 1 heterocycles. The number of methoxy groups -OCH3 is 1. The zero-order chi connectivity index (χ0) is 18.4. The van der Waals surface area contributed by atoms with Crippen molar-refractivity contribution >= 4 is 17.7 Å². The van der Waals surface area contributed by atoms with Crippen LogP contribution in [-0.2, 0) is 4.74 Å². The standard InChI is InChI=1S/C16H22N4O5/c1-12-3-4-13(11-14(12)20(23)24)15(21)17-5-6-18-7-9-19(10-8-18)16(22)25-2/h3-4,11H,5-10H2,1-2H3,(H,17,21). The van der Waals surface area contributed by atoms with Gasteiger partial charge in [0, 0.05) is 56.5 Å². The lowest BCUT2D eigenvalue weighted by molar-refractivity contribution is -0.385. The minimum atomic E-state index is -0.493. The maximum atomic E-state index is 12.1. The average molecular weight is 350 g/mol. The predicted molar refractivity (Wildman–Crippen MR) is 90.6 cm³/mol. The van der Waals surface area contributed by atoms with E-state index in [4.69, 9.17) is 0 Å². The molecular formula is C16H22N4O5. The molecule has 25 heavy (non-hydrogen) atoms. The topological polar surface area (TPSA) is 105 Å². The highest BCUT2D eigenvalue weighted by molar-refractivity contribution is 5.94. The minimum absolute atomic E-state index is 0.0633. The summed E-state index contributed by atoms with van der Waals surface area (Å²) in [5.74, 6) is -0.337. The van der Waals surface area contributed by atoms with E-state index < -0.39 is 4.92 Å². The molecule has 0 bridgehead atoms. The minimum Gasteiger partial charge on any atom is -0.453 e. The van der Waals surface area contributed by atoms with Gasteiger partial charge in [-0.05, 0) is 13.0 Å². The quantitative estimate of drug-likeness (QED) is 0.628. The first kappa shape index (κ1) is 18.7. The Labute approximate surface area is 145 Å². The third-order valence-electron chi connectivity index (χ3n) is 4.19. The first-order chi connectivity index (χ1) is 11.9. The number of nitrogens with one attached hydrogen (secondary N) is 1. The number of ether oxygens (including phenoxy) is 1. The van der Waals surface area contributed by atoms with Gasteiger partial charge in [0.1, 0.15) is 0 Å². The van der Waals surface area contributed by atoms with E-state index in [1.165, 1.54) is 13.2 Å². The Morgan fingerprint density at radius 2 is 1.96 bits per heavy atom. The molecule has 0 saturated carbocycles. The molecule has 0 radical (unpaired) electrons. The second-order valence-electron chi connectivity index (χ2n) is 5.81. The highest BCUT2D eigenvalue weighted by atomic mass is 16.6. The normalized spacial score (nSPS) is 14.9. The lowest BCUT2D eigenvalue weighted by Gasteiger charge is -2.33. The molecule has 0 unspecified atom stereocenters. The number of rotatable bonds is 5. The van der Waals surface area contributed by atoms with Crippen LogP contribution in [0.15, 0.2) is 18.2 Å². The molecular weight excluding hydrogens is 328 g/mol. The van der Waals surface area contributed by atoms with Gasteiger partial charge in [-0.25, -0.2) is 4.79 Å². The first-order valence-electron chi connectivity index (χ1n) is 8.01. The van der Waals surface area contributed by atoms with Crippen LogP contribution in [0.1, 0.15) is 15.9 Å². The summed E-state index contributed by atoms with van der Waals surface area (Å²) in [5, 5.41) is 13.7. The van der Waals surface area contributed by atoms with Crippen molar-refractivity contribution in [2.24, 2.45) is 0 Å². The molecule has 1 fully saturated rings. The smallest absolute Gasteiger partial charge is 0.409 e. The number of hydrogen-bond acceptors (Lipinski definition) is 6. The fourth-order valence-electron chi connectivity index (χ4n) is 2.66. The van der Waals surface area contributed by atoms with Crippen LogP contribution in [0.25, 0.3) is 0 Å². The Hall–Kier alpha value is -2.68. The van der Waals surface area contributed by atoms with E-state index >= 15 is 0 Å². The van der Waals surface area contributed by atoms with Crippen LogP contribution in [0.5, 0.6) is 0 Å². The van der Waals surface area contributed by atoms with Crippen LogP contribution < -0.4 is 5.32 Å². The molecule has 1 aromatic carbocycles. The second-order valence-corrected chi connectivity index (χ2v) is 5.81. The third kappa shape index (κ3) is 4.90. The molecule has 2 amide bonds. The van der Waals surface area contributed by atoms with Crippen LogP contribution in [0.3, 0.4) is 0 Å². The fourth-order valence-corrected chi connectivity index (χ4v) is 2.66. The number of benzene rings is 1. The summed E-state index contributed by atoms with van der Waals surface area (Å²) in [5.41, 5.74) is 0.726. The van der Waals surface area contributed by atoms with Crippen molar-refractivity contribution in [1.82, 2.24) is 15.1 Å². The fraction of sp³-hybridized carbons (Fsp3) is 0.500. The number of nitro groups is 1. The molecule has 1 N–H and O–H groups in total. The molecule has 9 nitrogen and oxygen atoms in total. The highest BCUT2D eigenvalue weighted by Gasteiger charge is 2.21. The van der Waals surface area contributed by atoms with Gasteiger partial charge in [0.2, 0.25) is 0 Å². The first-order valence-corrected chi connectivity index (χ1v) is 8.01. The van der Waals surface area contributed by atoms with Crippen molar-refractivity contribution in [1.29, 1.82) is 0 Å². The monoisotopic (exact) mass is 350 g/mol. The summed E-state index contributed by atoms with van der Waals surface area (Å²) in [6.45, 7) is 5.30. The Morgan fingerprint density at radius 3 is 2.56 bits per heavy atom. The third-order valence-corrected chi connectivity index (χ3v) is 4.19. The zero-order valence-corrected chi connectivity index (χ0v) is 14.4. The number of piperazine rings is 1. The summed E-state index contributed by atoms with van der Waals surface area (Å²) in [4.78, 5) is 37.8. The van der Waals surface area contributed by atoms with Crippen molar-refractivity contribution in [3.05, 3.63) is 39.4 Å². The van der Waals surface area contributed by atoms with Crippen LogP contribution in [-0.4, -0.2) is 73.1 Å². The van der Waals surface area contributed by atoms with Gasteiger partial charge >= 0.3 is 6.09 Å². The molecule has 9 heteroatoms. The molecule has 1 aliphatic heterocycles. The molecule has 1 aliphatic rings. The van der Waals surface area contributed by atoms with Crippen molar-refractivity contribution in [2.45, 2.75) is 6.92 Å². The van der Waals surface area contributed by atoms with Crippen LogP contribution >= 0.6 is 0 Å². The molecule has 1 saturated heterocycles. The van der Waals surface area contributed by atoms with E-state index in [-0.39, 0.29) is 23.3 Å². The van der Waals surface area contributed by atoms with E-state index in [0.717, 1.165) is 0 Å². The van der Waals surface area contributed by atoms with Crippen molar-refractivity contribution < 1.29 is 19.2 Å². The summed E-state index contributed by atoms with van der Waals surface area (Å²) < 4.78 is 4.68. The molecule has 136 valence electrons. The van der Waals surface area contributed by atoms with Gasteiger partial charge in [0.25, 0.3) is 11.6 Å². The summed E-state index contributed by atoms with van der Waals surface area (Å²) in [7, 11) is 1.36. The molecule has 0 aliphatic carbocycles. The van der Waals surface area contributed by atoms with Crippen LogP contribution in [0.4, 0.5) is 10.5 Å².